The molecule has 2 aromatic rings. The average Bonchev–Trinajstić information content (AvgIpc) is 3.23. The number of rotatable bonds is 8. The lowest BCUT2D eigenvalue weighted by atomic mass is 10.0. The van der Waals surface area contributed by atoms with Crippen LogP contribution >= 0.6 is 0 Å². The Labute approximate surface area is 164 Å². The summed E-state index contributed by atoms with van der Waals surface area (Å²) >= 11 is 0. The third kappa shape index (κ3) is 4.32. The molecular formula is C19H23N3O5S. The van der Waals surface area contributed by atoms with Gasteiger partial charge in [-0.15, -0.1) is 0 Å². The molecule has 2 aromatic carbocycles. The highest BCUT2D eigenvalue weighted by molar-refractivity contribution is 7.89. The number of para-hydroxylation sites is 2. The van der Waals surface area contributed by atoms with E-state index in [1.807, 2.05) is 24.3 Å². The van der Waals surface area contributed by atoms with Crippen molar-refractivity contribution in [2.75, 3.05) is 26.7 Å². The minimum atomic E-state index is -4.05. The van der Waals surface area contributed by atoms with Gasteiger partial charge in [0.25, 0.3) is 5.69 Å². The van der Waals surface area contributed by atoms with E-state index < -0.39 is 20.6 Å². The maximum atomic E-state index is 12.8. The summed E-state index contributed by atoms with van der Waals surface area (Å²) in [7, 11) is -2.47. The van der Waals surface area contributed by atoms with Crippen LogP contribution in [0.1, 0.15) is 24.4 Å². The molecule has 1 unspecified atom stereocenters. The molecule has 1 aliphatic heterocycles. The number of nitrogens with one attached hydrogen (secondary N) is 1. The van der Waals surface area contributed by atoms with Gasteiger partial charge in [-0.2, -0.15) is 0 Å². The zero-order valence-corrected chi connectivity index (χ0v) is 16.4. The van der Waals surface area contributed by atoms with Gasteiger partial charge in [-0.25, -0.2) is 13.1 Å². The van der Waals surface area contributed by atoms with Gasteiger partial charge in [0.15, 0.2) is 4.90 Å². The van der Waals surface area contributed by atoms with Crippen molar-refractivity contribution in [2.45, 2.75) is 23.8 Å². The predicted molar refractivity (Wildman–Crippen MR) is 105 cm³/mol. The van der Waals surface area contributed by atoms with Crippen LogP contribution in [0.5, 0.6) is 5.75 Å². The van der Waals surface area contributed by atoms with Crippen LogP contribution in [-0.4, -0.2) is 45.0 Å². The second-order valence-electron chi connectivity index (χ2n) is 6.58. The first-order valence-corrected chi connectivity index (χ1v) is 10.5. The van der Waals surface area contributed by atoms with Gasteiger partial charge in [0.1, 0.15) is 5.75 Å². The zero-order chi connectivity index (χ0) is 20.1. The number of benzene rings is 2. The van der Waals surface area contributed by atoms with Gasteiger partial charge < -0.3 is 4.74 Å². The summed E-state index contributed by atoms with van der Waals surface area (Å²) in [5.41, 5.74) is 0.446. The van der Waals surface area contributed by atoms with E-state index in [9.17, 15) is 18.5 Å². The zero-order valence-electron chi connectivity index (χ0n) is 15.6. The number of sulfonamides is 1. The van der Waals surface area contributed by atoms with Crippen molar-refractivity contribution >= 4 is 15.7 Å². The molecule has 1 saturated heterocycles. The van der Waals surface area contributed by atoms with E-state index in [0.29, 0.717) is 5.75 Å². The second kappa shape index (κ2) is 8.68. The first-order chi connectivity index (χ1) is 13.4. The molecule has 1 N–H and O–H groups in total. The van der Waals surface area contributed by atoms with Crippen molar-refractivity contribution in [3.63, 3.8) is 0 Å². The molecule has 0 radical (unpaired) electrons. The summed E-state index contributed by atoms with van der Waals surface area (Å²) in [6, 6.07) is 12.6. The maximum absolute atomic E-state index is 12.8. The predicted octanol–water partition coefficient (Wildman–Crippen LogP) is 2.72. The Bertz CT molecular complexity index is 942. The molecule has 0 spiro atoms. The van der Waals surface area contributed by atoms with Gasteiger partial charge in [-0.05, 0) is 38.1 Å². The van der Waals surface area contributed by atoms with E-state index >= 15 is 0 Å². The van der Waals surface area contributed by atoms with Crippen molar-refractivity contribution in [3.05, 3.63) is 64.2 Å². The summed E-state index contributed by atoms with van der Waals surface area (Å²) in [4.78, 5) is 12.4. The van der Waals surface area contributed by atoms with Gasteiger partial charge in [0, 0.05) is 18.2 Å². The Balaban J connectivity index is 1.89. The first kappa shape index (κ1) is 20.2. The van der Waals surface area contributed by atoms with E-state index in [2.05, 4.69) is 9.62 Å². The van der Waals surface area contributed by atoms with Crippen LogP contribution in [0.15, 0.2) is 53.4 Å². The number of likely N-dealkylation sites (tertiary alicyclic amines) is 1. The number of ether oxygens (including phenoxy) is 1. The lowest BCUT2D eigenvalue weighted by Gasteiger charge is -2.29. The summed E-state index contributed by atoms with van der Waals surface area (Å²) in [5.74, 6) is 0.685. The Morgan fingerprint density at radius 2 is 1.79 bits per heavy atom. The molecule has 1 heterocycles. The quantitative estimate of drug-likeness (QED) is 0.535. The van der Waals surface area contributed by atoms with Crippen molar-refractivity contribution in [3.8, 4) is 5.75 Å². The normalized spacial score (nSPS) is 16.0. The third-order valence-electron chi connectivity index (χ3n) is 4.90. The fourth-order valence-corrected chi connectivity index (χ4v) is 4.74. The highest BCUT2D eigenvalue weighted by Gasteiger charge is 2.30. The number of nitrogens with zero attached hydrogens (tertiary/aromatic N) is 2. The van der Waals surface area contributed by atoms with Gasteiger partial charge >= 0.3 is 0 Å². The topological polar surface area (TPSA) is 102 Å². The van der Waals surface area contributed by atoms with Crippen LogP contribution in [0.3, 0.4) is 0 Å². The van der Waals surface area contributed by atoms with Gasteiger partial charge in [0.05, 0.1) is 18.1 Å². The number of hydrogen-bond donors (Lipinski definition) is 1. The Hall–Kier alpha value is -2.49. The molecule has 1 fully saturated rings. The standard InChI is InChI=1S/C19H23N3O5S/c1-27-18-10-4-2-8-15(18)17(21-12-6-7-13-21)14-20-28(25,26)19-11-5-3-9-16(19)22(23)24/h2-5,8-11,17,20H,6-7,12-14H2,1H3. The SMILES string of the molecule is COc1ccccc1C(CNS(=O)(=O)c1ccccc1[N+](=O)[O-])N1CCCC1. The van der Waals surface area contributed by atoms with E-state index in [4.69, 9.17) is 4.74 Å². The summed E-state index contributed by atoms with van der Waals surface area (Å²) < 4.78 is 33.6. The lowest BCUT2D eigenvalue weighted by Crippen LogP contribution is -2.37. The monoisotopic (exact) mass is 405 g/mol. The molecule has 0 aliphatic carbocycles. The van der Waals surface area contributed by atoms with Crippen molar-refractivity contribution < 1.29 is 18.1 Å². The Kier molecular flexibility index (Phi) is 6.28. The molecule has 0 saturated carbocycles. The van der Waals surface area contributed by atoms with Gasteiger partial charge in [0.2, 0.25) is 10.0 Å². The molecule has 1 aliphatic rings. The van der Waals surface area contributed by atoms with E-state index in [0.717, 1.165) is 31.5 Å². The van der Waals surface area contributed by atoms with Crippen LogP contribution in [0.25, 0.3) is 0 Å². The fraction of sp³-hybridized carbons (Fsp3) is 0.368. The van der Waals surface area contributed by atoms with Crippen LogP contribution in [-0.2, 0) is 10.0 Å². The molecule has 1 atom stereocenters. The van der Waals surface area contributed by atoms with Crippen LogP contribution in [0, 0.1) is 10.1 Å². The van der Waals surface area contributed by atoms with Gasteiger partial charge in [-0.3, -0.25) is 15.0 Å². The molecular weight excluding hydrogens is 382 g/mol. The van der Waals surface area contributed by atoms with Crippen LogP contribution in [0.2, 0.25) is 0 Å². The fourth-order valence-electron chi connectivity index (χ4n) is 3.53. The minimum Gasteiger partial charge on any atom is -0.496 e. The van der Waals surface area contributed by atoms with Crippen LogP contribution < -0.4 is 9.46 Å². The lowest BCUT2D eigenvalue weighted by molar-refractivity contribution is -0.387. The number of nitro groups is 1. The molecule has 3 rings (SSSR count). The number of nitro benzene ring substituents is 1. The first-order valence-electron chi connectivity index (χ1n) is 9.04. The summed E-state index contributed by atoms with van der Waals surface area (Å²) in [5, 5.41) is 11.2. The molecule has 150 valence electrons. The van der Waals surface area contributed by atoms with Crippen molar-refractivity contribution in [1.82, 2.24) is 9.62 Å². The molecule has 0 aromatic heterocycles. The smallest absolute Gasteiger partial charge is 0.289 e. The van der Waals surface area contributed by atoms with E-state index in [1.54, 1.807) is 7.11 Å². The second-order valence-corrected chi connectivity index (χ2v) is 8.31. The molecule has 28 heavy (non-hydrogen) atoms. The highest BCUT2D eigenvalue weighted by Crippen LogP contribution is 2.32. The number of methoxy groups -OCH3 is 1. The molecule has 8 nitrogen and oxygen atoms in total. The summed E-state index contributed by atoms with van der Waals surface area (Å²) in [6.45, 7) is 1.81. The maximum Gasteiger partial charge on any atom is 0.289 e. The van der Waals surface area contributed by atoms with Crippen molar-refractivity contribution in [1.29, 1.82) is 0 Å². The minimum absolute atomic E-state index is 0.0920. The molecule has 0 amide bonds. The van der Waals surface area contributed by atoms with Crippen molar-refractivity contribution in [2.24, 2.45) is 0 Å². The molecule has 0 bridgehead atoms. The third-order valence-corrected chi connectivity index (χ3v) is 6.37. The van der Waals surface area contributed by atoms with Gasteiger partial charge in [-0.1, -0.05) is 30.3 Å². The highest BCUT2D eigenvalue weighted by atomic mass is 32.2. The van der Waals surface area contributed by atoms with E-state index in [1.165, 1.54) is 24.3 Å². The van der Waals surface area contributed by atoms with E-state index in [-0.39, 0.29) is 17.5 Å². The Morgan fingerprint density at radius 3 is 2.46 bits per heavy atom. The largest absolute Gasteiger partial charge is 0.496 e. The van der Waals surface area contributed by atoms with Crippen LogP contribution in [0.4, 0.5) is 5.69 Å². The number of hydrogen-bond acceptors (Lipinski definition) is 6. The molecule has 9 heteroatoms. The summed E-state index contributed by atoms with van der Waals surface area (Å²) in [6.07, 6.45) is 2.09. The Morgan fingerprint density at radius 1 is 1.14 bits per heavy atom. The average molecular weight is 405 g/mol.